The summed E-state index contributed by atoms with van der Waals surface area (Å²) in [5.41, 5.74) is 0.277. The van der Waals surface area contributed by atoms with Crippen LogP contribution >= 0.6 is 0 Å². The number of carbonyl (C=O) groups is 4. The Morgan fingerprint density at radius 3 is 2.16 bits per heavy atom. The normalized spacial score (nSPS) is 31.7. The average Bonchev–Trinajstić information content (AvgIpc) is 3.36. The van der Waals surface area contributed by atoms with Gasteiger partial charge in [0.2, 0.25) is 0 Å². The Kier molecular flexibility index (Phi) is 13.7. The molecule has 1 saturated carbocycles. The summed E-state index contributed by atoms with van der Waals surface area (Å²) in [6.07, 6.45) is 2.04. The van der Waals surface area contributed by atoms with Crippen molar-refractivity contribution in [3.05, 3.63) is 96.7 Å². The van der Waals surface area contributed by atoms with Crippen LogP contribution in [0, 0.1) is 23.2 Å². The van der Waals surface area contributed by atoms with Crippen LogP contribution < -0.4 is 0 Å². The molecule has 3 aliphatic rings. The van der Waals surface area contributed by atoms with E-state index >= 15 is 0 Å². The summed E-state index contributed by atoms with van der Waals surface area (Å²) in [5.74, 6) is -6.11. The number of aliphatic hydroxyl groups excluding tert-OH is 4. The minimum Gasteiger partial charge on any atom is -0.458 e. The average molecular weight is 697 g/mol. The Bertz CT molecular complexity index is 1510. The quantitative estimate of drug-likeness (QED) is 0.0957. The van der Waals surface area contributed by atoms with Crippen LogP contribution in [0.4, 0.5) is 0 Å². The van der Waals surface area contributed by atoms with E-state index in [1.54, 1.807) is 19.1 Å². The van der Waals surface area contributed by atoms with Gasteiger partial charge in [0.15, 0.2) is 0 Å². The molecule has 50 heavy (non-hydrogen) atoms. The Morgan fingerprint density at radius 2 is 1.60 bits per heavy atom. The predicted molar refractivity (Wildman–Crippen MR) is 183 cm³/mol. The molecule has 1 aliphatic heterocycles. The fraction of sp³-hybridized carbons (Fsp3) is 0.474. The van der Waals surface area contributed by atoms with Crippen molar-refractivity contribution in [3.63, 3.8) is 0 Å². The topological polar surface area (TPSA) is 186 Å². The van der Waals surface area contributed by atoms with E-state index in [1.807, 2.05) is 13.0 Å². The van der Waals surface area contributed by atoms with Crippen LogP contribution in [0.1, 0.15) is 39.5 Å². The maximum atomic E-state index is 13.6. The highest BCUT2D eigenvalue weighted by molar-refractivity contribution is 5.92. The summed E-state index contributed by atoms with van der Waals surface area (Å²) in [6, 6.07) is 0. The van der Waals surface area contributed by atoms with Crippen LogP contribution in [0.25, 0.3) is 0 Å². The summed E-state index contributed by atoms with van der Waals surface area (Å²) in [7, 11) is 0. The molecule has 12 nitrogen and oxygen atoms in total. The molecule has 3 rings (SSSR count). The van der Waals surface area contributed by atoms with Crippen LogP contribution in [-0.4, -0.2) is 95.1 Å². The molecule has 0 aromatic carbocycles. The molecule has 4 N–H and O–H groups in total. The molecule has 0 aromatic rings. The molecule has 2 fully saturated rings. The minimum atomic E-state index is -1.42. The molecule has 272 valence electrons. The summed E-state index contributed by atoms with van der Waals surface area (Å²) in [5, 5.41) is 40.4. The van der Waals surface area contributed by atoms with Crippen molar-refractivity contribution < 1.29 is 58.6 Å². The van der Waals surface area contributed by atoms with Crippen molar-refractivity contribution in [3.8, 4) is 0 Å². The number of fused-ring (bicyclic) bond motifs is 1. The van der Waals surface area contributed by atoms with Gasteiger partial charge >= 0.3 is 23.9 Å². The van der Waals surface area contributed by atoms with Gasteiger partial charge in [-0.3, -0.25) is 0 Å². The lowest BCUT2D eigenvalue weighted by Crippen LogP contribution is -2.54. The highest BCUT2D eigenvalue weighted by Gasteiger charge is 2.53. The van der Waals surface area contributed by atoms with Crippen molar-refractivity contribution in [2.75, 3.05) is 26.4 Å². The lowest BCUT2D eigenvalue weighted by molar-refractivity contribution is -0.162. The monoisotopic (exact) mass is 696 g/mol. The Morgan fingerprint density at radius 1 is 1.00 bits per heavy atom. The van der Waals surface area contributed by atoms with Crippen LogP contribution in [0.15, 0.2) is 96.7 Å². The zero-order chi connectivity index (χ0) is 37.5. The molecule has 0 bridgehead atoms. The van der Waals surface area contributed by atoms with E-state index in [4.69, 9.17) is 18.9 Å². The first-order valence-corrected chi connectivity index (χ1v) is 16.2. The van der Waals surface area contributed by atoms with Gasteiger partial charge in [-0.15, -0.1) is 6.58 Å². The smallest absolute Gasteiger partial charge is 0.336 e. The van der Waals surface area contributed by atoms with Crippen molar-refractivity contribution >= 4 is 23.9 Å². The third-order valence-corrected chi connectivity index (χ3v) is 9.64. The van der Waals surface area contributed by atoms with E-state index in [0.717, 1.165) is 5.57 Å². The van der Waals surface area contributed by atoms with Gasteiger partial charge in [-0.2, -0.15) is 0 Å². The molecule has 0 unspecified atom stereocenters. The predicted octanol–water partition coefficient (Wildman–Crippen LogP) is 2.90. The van der Waals surface area contributed by atoms with Crippen LogP contribution in [-0.2, 0) is 38.1 Å². The third kappa shape index (κ3) is 8.86. The van der Waals surface area contributed by atoms with E-state index in [9.17, 15) is 39.6 Å². The summed E-state index contributed by atoms with van der Waals surface area (Å²) >= 11 is 0. The first-order chi connectivity index (χ1) is 23.5. The van der Waals surface area contributed by atoms with Crippen molar-refractivity contribution in [2.24, 2.45) is 23.2 Å². The van der Waals surface area contributed by atoms with Crippen LogP contribution in [0.3, 0.4) is 0 Å². The molecule has 8 atom stereocenters. The number of allylic oxidation sites excluding steroid dienone is 2. The van der Waals surface area contributed by atoms with Gasteiger partial charge in [0.1, 0.15) is 24.9 Å². The minimum absolute atomic E-state index is 0.0607. The van der Waals surface area contributed by atoms with Gasteiger partial charge in [-0.05, 0) is 48.8 Å². The van der Waals surface area contributed by atoms with Gasteiger partial charge in [-0.25, -0.2) is 19.2 Å². The Balaban J connectivity index is 1.91. The molecule has 12 heteroatoms. The standard InChI is InChI=1S/C38H48O12/c1-9-38(8)15-29(50-35(44)23(5)18-41)31(33(42)32(38)21(3)16-39)25(7)36(45)47-19-26-12-10-11-20(2)13-27(48-34(43)22(4)17-40)30-24(6)37(46)49-28(30)14-26/h9,11,14,27-33,39-42H,1,3-7,10,12-13,15-19H2,2,8H3/b20-11+,26-14-/t27-,28+,29+,30+,31-,32-,33+,38-/m0/s1. The summed E-state index contributed by atoms with van der Waals surface area (Å²) in [4.78, 5) is 51.6. The van der Waals surface area contributed by atoms with Gasteiger partial charge < -0.3 is 39.4 Å². The number of carbonyl (C=O) groups excluding carboxylic acids is 4. The number of rotatable bonds is 13. The first-order valence-electron chi connectivity index (χ1n) is 16.2. The van der Waals surface area contributed by atoms with E-state index in [1.165, 1.54) is 0 Å². The number of aliphatic hydroxyl groups is 4. The van der Waals surface area contributed by atoms with Crippen molar-refractivity contribution in [2.45, 2.75) is 63.9 Å². The van der Waals surface area contributed by atoms with Crippen LogP contribution in [0.5, 0.6) is 0 Å². The fourth-order valence-electron chi connectivity index (χ4n) is 6.79. The van der Waals surface area contributed by atoms with Gasteiger partial charge in [0.25, 0.3) is 0 Å². The van der Waals surface area contributed by atoms with E-state index < -0.39 is 91.3 Å². The molecule has 1 heterocycles. The molecular formula is C38H48O12. The number of esters is 4. The lowest BCUT2D eigenvalue weighted by atomic mass is 9.58. The zero-order valence-corrected chi connectivity index (χ0v) is 28.7. The largest absolute Gasteiger partial charge is 0.458 e. The molecule has 0 radical (unpaired) electrons. The second-order valence-electron chi connectivity index (χ2n) is 13.3. The maximum Gasteiger partial charge on any atom is 0.336 e. The second kappa shape index (κ2) is 17.0. The number of hydrogen-bond donors (Lipinski definition) is 4. The number of ether oxygens (including phenoxy) is 4. The molecule has 1 saturated heterocycles. The zero-order valence-electron chi connectivity index (χ0n) is 28.7. The summed E-state index contributed by atoms with van der Waals surface area (Å²) in [6.45, 7) is 24.2. The van der Waals surface area contributed by atoms with E-state index in [0.29, 0.717) is 18.4 Å². The third-order valence-electron chi connectivity index (χ3n) is 9.64. The molecule has 0 amide bonds. The highest BCUT2D eigenvalue weighted by Crippen LogP contribution is 2.50. The van der Waals surface area contributed by atoms with Gasteiger partial charge in [0, 0.05) is 23.5 Å². The molecule has 0 aromatic heterocycles. The van der Waals surface area contributed by atoms with Crippen molar-refractivity contribution in [1.82, 2.24) is 0 Å². The SMILES string of the molecule is C=C[C@@]1(C)C[C@@H](OC(=O)C(=C)CO)[C@H](C(=C)C(=O)OC/C2=C\[C@H]3OC(=O)C(=C)[C@@H]3[C@@H](OC(=O)C(=C)CO)C/C(C)=C/CC2)[C@@H](O)[C@@H]1C(=C)CO. The highest BCUT2D eigenvalue weighted by atomic mass is 16.6. The molecular weight excluding hydrogens is 648 g/mol. The first kappa shape index (κ1) is 40.1. The van der Waals surface area contributed by atoms with Crippen LogP contribution in [0.2, 0.25) is 0 Å². The number of hydrogen-bond acceptors (Lipinski definition) is 12. The Hall–Kier alpha value is -4.36. The Labute approximate surface area is 292 Å². The van der Waals surface area contributed by atoms with Gasteiger partial charge in [0.05, 0.1) is 48.9 Å². The second-order valence-corrected chi connectivity index (χ2v) is 13.3. The maximum absolute atomic E-state index is 13.6. The van der Waals surface area contributed by atoms with E-state index in [-0.39, 0.29) is 47.3 Å². The lowest BCUT2D eigenvalue weighted by Gasteiger charge is -2.50. The molecule has 0 spiro atoms. The van der Waals surface area contributed by atoms with Gasteiger partial charge in [-0.1, -0.05) is 57.5 Å². The fourth-order valence-corrected chi connectivity index (χ4v) is 6.79. The van der Waals surface area contributed by atoms with E-state index in [2.05, 4.69) is 39.5 Å². The van der Waals surface area contributed by atoms with Crippen molar-refractivity contribution in [1.29, 1.82) is 0 Å². The summed E-state index contributed by atoms with van der Waals surface area (Å²) < 4.78 is 22.6. The molecule has 2 aliphatic carbocycles.